The SMILES string of the molecule is CSc1cccc(N2C[C@H](C(=O)O[C@@H](C)C(=O)Nc3ccc4c(c3)OCCO4)CC2=O)c1. The number of thioether (sulfide) groups is 1. The molecule has 0 aliphatic carbocycles. The molecule has 0 unspecified atom stereocenters. The third-order valence-electron chi connectivity index (χ3n) is 5.30. The Balaban J connectivity index is 1.34. The largest absolute Gasteiger partial charge is 0.486 e. The highest BCUT2D eigenvalue weighted by molar-refractivity contribution is 7.98. The molecule has 2 aromatic carbocycles. The van der Waals surface area contributed by atoms with E-state index < -0.39 is 23.9 Å². The second-order valence-electron chi connectivity index (χ2n) is 7.53. The molecule has 32 heavy (non-hydrogen) atoms. The van der Waals surface area contributed by atoms with Gasteiger partial charge in [0.1, 0.15) is 13.2 Å². The monoisotopic (exact) mass is 456 g/mol. The predicted molar refractivity (Wildman–Crippen MR) is 120 cm³/mol. The fourth-order valence-electron chi connectivity index (χ4n) is 3.58. The minimum absolute atomic E-state index is 0.0544. The first-order valence-corrected chi connectivity index (χ1v) is 11.5. The molecule has 2 heterocycles. The summed E-state index contributed by atoms with van der Waals surface area (Å²) >= 11 is 1.58. The zero-order chi connectivity index (χ0) is 22.7. The predicted octanol–water partition coefficient (Wildman–Crippen LogP) is 3.10. The molecule has 1 N–H and O–H groups in total. The maximum atomic E-state index is 12.6. The highest BCUT2D eigenvalue weighted by Crippen LogP contribution is 2.33. The molecular weight excluding hydrogens is 432 g/mol. The van der Waals surface area contributed by atoms with Crippen LogP contribution in [0.2, 0.25) is 0 Å². The third kappa shape index (κ3) is 4.83. The second kappa shape index (κ2) is 9.52. The summed E-state index contributed by atoms with van der Waals surface area (Å²) < 4.78 is 16.3. The number of nitrogens with zero attached hydrogens (tertiary/aromatic N) is 1. The quantitative estimate of drug-likeness (QED) is 0.527. The first-order valence-electron chi connectivity index (χ1n) is 10.3. The molecule has 8 nitrogen and oxygen atoms in total. The first-order chi connectivity index (χ1) is 15.4. The first kappa shape index (κ1) is 22.0. The molecule has 4 rings (SSSR count). The van der Waals surface area contributed by atoms with Crippen LogP contribution in [0.5, 0.6) is 11.5 Å². The summed E-state index contributed by atoms with van der Waals surface area (Å²) in [5, 5.41) is 2.71. The van der Waals surface area contributed by atoms with Gasteiger partial charge >= 0.3 is 5.97 Å². The van der Waals surface area contributed by atoms with E-state index in [-0.39, 0.29) is 18.9 Å². The van der Waals surface area contributed by atoms with Crippen LogP contribution in [0.15, 0.2) is 47.4 Å². The number of hydrogen-bond acceptors (Lipinski definition) is 7. The van der Waals surface area contributed by atoms with Crippen LogP contribution in [0.1, 0.15) is 13.3 Å². The summed E-state index contributed by atoms with van der Waals surface area (Å²) in [6, 6.07) is 12.7. The molecule has 0 aromatic heterocycles. The van der Waals surface area contributed by atoms with E-state index in [1.54, 1.807) is 34.9 Å². The summed E-state index contributed by atoms with van der Waals surface area (Å²) in [7, 11) is 0. The molecule has 9 heteroatoms. The lowest BCUT2D eigenvalue weighted by atomic mass is 10.1. The molecule has 0 spiro atoms. The van der Waals surface area contributed by atoms with Crippen molar-refractivity contribution in [2.75, 3.05) is 36.2 Å². The number of rotatable bonds is 6. The molecule has 2 aliphatic heterocycles. The van der Waals surface area contributed by atoms with Crippen molar-refractivity contribution in [3.63, 3.8) is 0 Å². The Kier molecular flexibility index (Phi) is 6.55. The van der Waals surface area contributed by atoms with Gasteiger partial charge in [0, 0.05) is 35.3 Å². The van der Waals surface area contributed by atoms with Crippen molar-refractivity contribution >= 4 is 40.9 Å². The van der Waals surface area contributed by atoms with Gasteiger partial charge in [-0.15, -0.1) is 11.8 Å². The number of fused-ring (bicyclic) bond motifs is 1. The molecule has 2 aliphatic rings. The van der Waals surface area contributed by atoms with Crippen molar-refractivity contribution < 1.29 is 28.6 Å². The molecule has 0 bridgehead atoms. The molecule has 2 aromatic rings. The summed E-state index contributed by atoms with van der Waals surface area (Å²) in [6.07, 6.45) is 1.00. The lowest BCUT2D eigenvalue weighted by molar-refractivity contribution is -0.157. The highest BCUT2D eigenvalue weighted by atomic mass is 32.2. The van der Waals surface area contributed by atoms with E-state index >= 15 is 0 Å². The average molecular weight is 457 g/mol. The summed E-state index contributed by atoms with van der Waals surface area (Å²) in [5.74, 6) is -0.625. The van der Waals surface area contributed by atoms with Crippen molar-refractivity contribution in [1.82, 2.24) is 0 Å². The van der Waals surface area contributed by atoms with Crippen LogP contribution in [0.3, 0.4) is 0 Å². The van der Waals surface area contributed by atoms with E-state index in [4.69, 9.17) is 14.2 Å². The van der Waals surface area contributed by atoms with Gasteiger partial charge in [0.2, 0.25) is 5.91 Å². The molecular formula is C23H24N2O6S. The fourth-order valence-corrected chi connectivity index (χ4v) is 4.04. The Bertz CT molecular complexity index is 1040. The van der Waals surface area contributed by atoms with Gasteiger partial charge < -0.3 is 24.4 Å². The molecule has 0 saturated carbocycles. The number of nitrogens with one attached hydrogen (secondary N) is 1. The Morgan fingerprint density at radius 3 is 2.72 bits per heavy atom. The second-order valence-corrected chi connectivity index (χ2v) is 8.41. The standard InChI is InChI=1S/C23H24N2O6S/c1-14(22(27)24-16-6-7-19-20(11-16)30-9-8-29-19)31-23(28)15-10-21(26)25(13-15)17-4-3-5-18(12-17)32-2/h3-7,11-12,14-15H,8-10,13H2,1-2H3,(H,24,27)/t14-,15+/m0/s1. The lowest BCUT2D eigenvalue weighted by Gasteiger charge is -2.20. The minimum atomic E-state index is -1.01. The number of esters is 1. The Hall–Kier alpha value is -3.20. The summed E-state index contributed by atoms with van der Waals surface area (Å²) in [4.78, 5) is 40.2. The average Bonchev–Trinajstić information content (AvgIpc) is 3.20. The zero-order valence-corrected chi connectivity index (χ0v) is 18.6. The number of ether oxygens (including phenoxy) is 3. The molecule has 2 atom stereocenters. The van der Waals surface area contributed by atoms with E-state index in [1.165, 1.54) is 6.92 Å². The van der Waals surface area contributed by atoms with Gasteiger partial charge in [-0.05, 0) is 43.5 Å². The van der Waals surface area contributed by atoms with E-state index in [9.17, 15) is 14.4 Å². The van der Waals surface area contributed by atoms with Crippen molar-refractivity contribution in [3.8, 4) is 11.5 Å². The van der Waals surface area contributed by atoms with Crippen molar-refractivity contribution in [2.45, 2.75) is 24.3 Å². The third-order valence-corrected chi connectivity index (χ3v) is 6.02. The van der Waals surface area contributed by atoms with Crippen molar-refractivity contribution in [2.24, 2.45) is 5.92 Å². The molecule has 1 fully saturated rings. The van der Waals surface area contributed by atoms with Crippen LogP contribution in [0.4, 0.5) is 11.4 Å². The molecule has 0 radical (unpaired) electrons. The molecule has 2 amide bonds. The van der Waals surface area contributed by atoms with Crippen LogP contribution in [-0.4, -0.2) is 49.9 Å². The number of carbonyl (C=O) groups is 3. The Morgan fingerprint density at radius 1 is 1.16 bits per heavy atom. The van der Waals surface area contributed by atoms with E-state index in [2.05, 4.69) is 5.32 Å². The molecule has 1 saturated heterocycles. The van der Waals surface area contributed by atoms with Crippen LogP contribution in [-0.2, 0) is 19.1 Å². The van der Waals surface area contributed by atoms with Gasteiger partial charge in [-0.1, -0.05) is 6.07 Å². The number of hydrogen-bond donors (Lipinski definition) is 1. The topological polar surface area (TPSA) is 94.2 Å². The van der Waals surface area contributed by atoms with Crippen molar-refractivity contribution in [3.05, 3.63) is 42.5 Å². The van der Waals surface area contributed by atoms with Gasteiger partial charge in [-0.2, -0.15) is 0 Å². The smallest absolute Gasteiger partial charge is 0.312 e. The fraction of sp³-hybridized carbons (Fsp3) is 0.348. The maximum Gasteiger partial charge on any atom is 0.312 e. The maximum absolute atomic E-state index is 12.6. The van der Waals surface area contributed by atoms with Crippen molar-refractivity contribution in [1.29, 1.82) is 0 Å². The Labute approximate surface area is 190 Å². The Morgan fingerprint density at radius 2 is 1.94 bits per heavy atom. The van der Waals surface area contributed by atoms with Gasteiger partial charge in [-0.3, -0.25) is 14.4 Å². The minimum Gasteiger partial charge on any atom is -0.486 e. The highest BCUT2D eigenvalue weighted by Gasteiger charge is 2.37. The zero-order valence-electron chi connectivity index (χ0n) is 17.8. The van der Waals surface area contributed by atoms with E-state index in [1.807, 2.05) is 30.5 Å². The molecule has 168 valence electrons. The van der Waals surface area contributed by atoms with E-state index in [0.717, 1.165) is 10.6 Å². The van der Waals surface area contributed by atoms with E-state index in [0.29, 0.717) is 30.4 Å². The van der Waals surface area contributed by atoms with Crippen LogP contribution in [0.25, 0.3) is 0 Å². The van der Waals surface area contributed by atoms with Gasteiger partial charge in [0.05, 0.1) is 5.92 Å². The number of carbonyl (C=O) groups excluding carboxylic acids is 3. The normalized spacial score (nSPS) is 18.2. The van der Waals surface area contributed by atoms with Gasteiger partial charge in [0.15, 0.2) is 17.6 Å². The van der Waals surface area contributed by atoms with Gasteiger partial charge in [-0.25, -0.2) is 0 Å². The van der Waals surface area contributed by atoms with Gasteiger partial charge in [0.25, 0.3) is 5.91 Å². The number of amides is 2. The van der Waals surface area contributed by atoms with Crippen LogP contribution < -0.4 is 19.7 Å². The van der Waals surface area contributed by atoms with Crippen LogP contribution in [0, 0.1) is 5.92 Å². The summed E-state index contributed by atoms with van der Waals surface area (Å²) in [5.41, 5.74) is 1.26. The van der Waals surface area contributed by atoms with Crippen LogP contribution >= 0.6 is 11.8 Å². The number of benzene rings is 2. The number of anilines is 2. The lowest BCUT2D eigenvalue weighted by Crippen LogP contribution is -2.33. The summed E-state index contributed by atoms with van der Waals surface area (Å²) in [6.45, 7) is 2.65.